The van der Waals surface area contributed by atoms with Crippen molar-refractivity contribution >= 4 is 43.6 Å². The number of hydrogen-bond donors (Lipinski definition) is 6. The summed E-state index contributed by atoms with van der Waals surface area (Å²) in [5.74, 6) is -1.80. The molecule has 2 aromatic heterocycles. The third-order valence-electron chi connectivity index (χ3n) is 5.82. The summed E-state index contributed by atoms with van der Waals surface area (Å²) in [6.07, 6.45) is -4.19. The highest BCUT2D eigenvalue weighted by molar-refractivity contribution is 7.70. The van der Waals surface area contributed by atoms with Crippen LogP contribution >= 0.6 is 26.8 Å². The molecule has 0 saturated carbocycles. The van der Waals surface area contributed by atoms with E-state index in [9.17, 15) is 33.9 Å². The summed E-state index contributed by atoms with van der Waals surface area (Å²) in [4.78, 5) is 36.0. The minimum Gasteiger partial charge on any atom is -0.387 e. The molecule has 1 unspecified atom stereocenters. The molecule has 210 valence electrons. The summed E-state index contributed by atoms with van der Waals surface area (Å²) in [6, 6.07) is 7.87. The molecule has 1 aromatic carbocycles. The maximum Gasteiger partial charge on any atom is 0.340 e. The zero-order chi connectivity index (χ0) is 28.5. The van der Waals surface area contributed by atoms with Crippen LogP contribution in [0.5, 0.6) is 0 Å². The van der Waals surface area contributed by atoms with Crippen molar-refractivity contribution in [3.8, 4) is 6.07 Å². The van der Waals surface area contributed by atoms with Crippen LogP contribution in [0.2, 0.25) is 5.15 Å². The maximum atomic E-state index is 13.2. The molecular weight excluding hydrogens is 583 g/mol. The van der Waals surface area contributed by atoms with E-state index in [1.165, 1.54) is 23.0 Å². The lowest BCUT2D eigenvalue weighted by molar-refractivity contribution is -0.0483. The van der Waals surface area contributed by atoms with E-state index >= 15 is 0 Å². The van der Waals surface area contributed by atoms with Crippen molar-refractivity contribution in [2.75, 3.05) is 24.4 Å². The molecule has 1 fully saturated rings. The van der Waals surface area contributed by atoms with Crippen LogP contribution in [0.4, 0.5) is 10.1 Å². The van der Waals surface area contributed by atoms with E-state index in [4.69, 9.17) is 30.6 Å². The molecule has 14 nitrogen and oxygen atoms in total. The number of nitriles is 1. The van der Waals surface area contributed by atoms with Gasteiger partial charge in [0.2, 0.25) is 0 Å². The van der Waals surface area contributed by atoms with Crippen LogP contribution in [0, 0.1) is 17.1 Å². The Morgan fingerprint density at radius 1 is 1.21 bits per heavy atom. The van der Waals surface area contributed by atoms with Crippen molar-refractivity contribution in [3.63, 3.8) is 0 Å². The summed E-state index contributed by atoms with van der Waals surface area (Å²) in [6.45, 7) is -0.447. The van der Waals surface area contributed by atoms with E-state index < -0.39 is 52.2 Å². The minimum atomic E-state index is -4.87. The van der Waals surface area contributed by atoms with Crippen molar-refractivity contribution < 1.29 is 47.7 Å². The van der Waals surface area contributed by atoms with E-state index in [-0.39, 0.29) is 33.4 Å². The smallest absolute Gasteiger partial charge is 0.340 e. The molecule has 39 heavy (non-hydrogen) atoms. The molecule has 3 heterocycles. The van der Waals surface area contributed by atoms with Crippen LogP contribution in [0.1, 0.15) is 17.4 Å². The molecule has 0 spiro atoms. The molecule has 0 radical (unpaired) electrons. The van der Waals surface area contributed by atoms with Crippen molar-refractivity contribution in [3.05, 3.63) is 52.7 Å². The number of pyridine rings is 1. The number of fused-ring (bicyclic) bond motifs is 1. The largest absolute Gasteiger partial charge is 0.387 e. The van der Waals surface area contributed by atoms with Crippen LogP contribution in [0.3, 0.4) is 0 Å². The van der Waals surface area contributed by atoms with Gasteiger partial charge in [-0.2, -0.15) is 5.26 Å². The zero-order valence-electron chi connectivity index (χ0n) is 19.8. The lowest BCUT2D eigenvalue weighted by atomic mass is 10.1. The Bertz CT molecular complexity index is 1500. The molecule has 1 aliphatic rings. The molecule has 4 rings (SSSR count). The van der Waals surface area contributed by atoms with Crippen LogP contribution in [0.25, 0.3) is 11.2 Å². The second kappa shape index (κ2) is 11.6. The van der Waals surface area contributed by atoms with Gasteiger partial charge >= 0.3 is 15.2 Å². The Balaban J connectivity index is 1.55. The number of anilines is 1. The third-order valence-corrected chi connectivity index (χ3v) is 9.55. The fraction of sp³-hybridized carbons (Fsp3) is 0.381. The quantitative estimate of drug-likeness (QED) is 0.143. The van der Waals surface area contributed by atoms with Gasteiger partial charge in [-0.25, -0.2) is 14.4 Å². The summed E-state index contributed by atoms with van der Waals surface area (Å²) in [5, 5.41) is 33.6. The van der Waals surface area contributed by atoms with Gasteiger partial charge in [-0.1, -0.05) is 23.7 Å². The molecule has 18 heteroatoms. The summed E-state index contributed by atoms with van der Waals surface area (Å²) < 4.78 is 47.7. The number of halogens is 2. The van der Waals surface area contributed by atoms with Gasteiger partial charge in [-0.15, -0.1) is 0 Å². The number of imidazole rings is 1. The van der Waals surface area contributed by atoms with E-state index in [0.29, 0.717) is 13.0 Å². The normalized spacial score (nSPS) is 23.0. The Morgan fingerprint density at radius 2 is 1.90 bits per heavy atom. The van der Waals surface area contributed by atoms with Crippen molar-refractivity contribution in [1.29, 1.82) is 5.26 Å². The van der Waals surface area contributed by atoms with Gasteiger partial charge in [0, 0.05) is 6.54 Å². The molecule has 0 aliphatic carbocycles. The minimum absolute atomic E-state index is 0.0106. The van der Waals surface area contributed by atoms with Crippen molar-refractivity contribution in [2.45, 2.75) is 31.0 Å². The van der Waals surface area contributed by atoms with E-state index in [1.807, 2.05) is 6.07 Å². The number of aliphatic hydroxyl groups is 2. The van der Waals surface area contributed by atoms with Gasteiger partial charge in [-0.3, -0.25) is 13.7 Å². The molecule has 6 N–H and O–H groups in total. The Hall–Kier alpha value is -2.47. The van der Waals surface area contributed by atoms with Crippen LogP contribution in [-0.4, -0.2) is 76.8 Å². The maximum absolute atomic E-state index is 13.2. The van der Waals surface area contributed by atoms with Crippen LogP contribution in [-0.2, 0) is 24.8 Å². The highest BCUT2D eigenvalue weighted by atomic mass is 35.5. The zero-order valence-corrected chi connectivity index (χ0v) is 22.4. The number of nitrogens with one attached hydrogen (secondary N) is 1. The lowest BCUT2D eigenvalue weighted by Crippen LogP contribution is -2.33. The van der Waals surface area contributed by atoms with Gasteiger partial charge in [0.05, 0.1) is 18.6 Å². The summed E-state index contributed by atoms with van der Waals surface area (Å²) in [7, 11) is -9.60. The molecular formula is C21H23ClFN5O9P2. The average Bonchev–Trinajstić information content (AvgIpc) is 3.38. The first kappa shape index (κ1) is 29.5. The molecule has 1 aliphatic heterocycles. The highest BCUT2D eigenvalue weighted by Crippen LogP contribution is 2.55. The lowest BCUT2D eigenvalue weighted by Gasteiger charge is -2.18. The van der Waals surface area contributed by atoms with Crippen LogP contribution < -0.4 is 5.32 Å². The van der Waals surface area contributed by atoms with Crippen molar-refractivity contribution in [1.82, 2.24) is 14.5 Å². The first-order valence-electron chi connectivity index (χ1n) is 11.3. The average molecular weight is 606 g/mol. The molecule has 1 saturated heterocycles. The van der Waals surface area contributed by atoms with Gasteiger partial charge in [0.15, 0.2) is 22.9 Å². The van der Waals surface area contributed by atoms with Crippen LogP contribution in [0.15, 0.2) is 30.6 Å². The molecule has 0 amide bonds. The van der Waals surface area contributed by atoms with E-state index in [1.54, 1.807) is 12.1 Å². The topological polar surface area (TPSA) is 220 Å². The highest BCUT2D eigenvalue weighted by Gasteiger charge is 2.45. The number of ether oxygens (including phenoxy) is 1. The summed E-state index contributed by atoms with van der Waals surface area (Å²) >= 11 is 6.25. The Morgan fingerprint density at radius 3 is 2.54 bits per heavy atom. The van der Waals surface area contributed by atoms with Gasteiger partial charge in [-0.05, 0) is 24.1 Å². The standard InChI is InChI=1S/C21H23ClFN5O9P2/c22-19-13(7-24)15(25-6-5-11-1-3-12(23)4-2-11)16-20(27-19)28(9-26-16)21-18(30)17(29)14(37-21)8-36-39(34,35)10-38(31,32)33/h1-4,9,14,17-18,21,29-30H,5-6,8,10H2,(H,25,27)(H,34,35)(H2,31,32,33)/t14-,17-,18-,21-/m1/s1. The predicted molar refractivity (Wildman–Crippen MR) is 134 cm³/mol. The molecule has 3 aromatic rings. The van der Waals surface area contributed by atoms with Gasteiger partial charge < -0.3 is 39.5 Å². The van der Waals surface area contributed by atoms with Gasteiger partial charge in [0.1, 0.15) is 41.3 Å². The Kier molecular flexibility index (Phi) is 8.75. The number of rotatable bonds is 10. The summed E-state index contributed by atoms with van der Waals surface area (Å²) in [5.41, 5.74) is 1.37. The second-order valence-corrected chi connectivity index (χ2v) is 13.0. The predicted octanol–water partition coefficient (Wildman–Crippen LogP) is 1.71. The van der Waals surface area contributed by atoms with E-state index in [0.717, 1.165) is 5.56 Å². The van der Waals surface area contributed by atoms with Crippen molar-refractivity contribution in [2.24, 2.45) is 0 Å². The molecule has 0 bridgehead atoms. The number of aromatic nitrogens is 3. The fourth-order valence-corrected chi connectivity index (χ4v) is 6.80. The number of nitrogens with zero attached hydrogens (tertiary/aromatic N) is 4. The number of hydrogen-bond acceptors (Lipinski definition) is 10. The Labute approximate surface area is 225 Å². The number of benzene rings is 1. The molecule has 5 atom stereocenters. The third kappa shape index (κ3) is 6.82. The first-order chi connectivity index (χ1) is 18.3. The van der Waals surface area contributed by atoms with Gasteiger partial charge in [0.25, 0.3) is 0 Å². The monoisotopic (exact) mass is 605 g/mol. The second-order valence-electron chi connectivity index (χ2n) is 8.68. The SMILES string of the molecule is N#Cc1c(Cl)nc2c(ncn2[C@@H]2O[C@H](COP(=O)(O)CP(=O)(O)O)[C@@H](O)[C@H]2O)c1NCCc1ccc(F)cc1. The fourth-order valence-electron chi connectivity index (χ4n) is 4.02. The number of aliphatic hydroxyl groups excluding tert-OH is 2. The first-order valence-corrected chi connectivity index (χ1v) is 15.2. The van der Waals surface area contributed by atoms with E-state index in [2.05, 4.69) is 15.3 Å².